The summed E-state index contributed by atoms with van der Waals surface area (Å²) in [5, 5.41) is 24.2. The van der Waals surface area contributed by atoms with Crippen molar-refractivity contribution in [3.05, 3.63) is 29.1 Å². The topological polar surface area (TPSA) is 597 Å². The number of ketones is 1. The Labute approximate surface area is 792 Å². The van der Waals surface area contributed by atoms with E-state index in [1.807, 2.05) is 0 Å². The summed E-state index contributed by atoms with van der Waals surface area (Å²) in [6.07, 6.45) is -17.5. The Hall–Kier alpha value is -11.8. The largest absolute Gasteiger partial charge is 0.463 e. The van der Waals surface area contributed by atoms with Gasteiger partial charge in [0.15, 0.2) is 55.5 Å². The van der Waals surface area contributed by atoms with Gasteiger partial charge in [-0.2, -0.15) is 8.78 Å². The fraction of sp³-hybridized carbons (Fsp3) is 0.705. The molecule has 0 spiro atoms. The first-order valence-electron chi connectivity index (χ1n) is 45.1. The average Bonchev–Trinajstić information content (AvgIpc) is 0.796. The number of ether oxygens (including phenoxy) is 16. The van der Waals surface area contributed by atoms with Crippen LogP contribution in [0.3, 0.4) is 0 Å². The van der Waals surface area contributed by atoms with Gasteiger partial charge in [-0.3, -0.25) is 95.9 Å². The molecule has 3 saturated heterocycles. The highest BCUT2D eigenvalue weighted by atomic mass is 19.2. The average molecular weight is 1980 g/mol. The maximum atomic E-state index is 14.5. The maximum Gasteiger partial charge on any atom is 0.311 e. The second-order valence-electron chi connectivity index (χ2n) is 32.7. The van der Waals surface area contributed by atoms with Crippen LogP contribution in [0.25, 0.3) is 0 Å². The zero-order valence-electron chi connectivity index (χ0n) is 79.3. The van der Waals surface area contributed by atoms with E-state index in [1.54, 1.807) is 0 Å². The molecule has 0 bridgehead atoms. The summed E-state index contributed by atoms with van der Waals surface area (Å²) in [6.45, 7) is 11.8. The highest BCUT2D eigenvalue weighted by Crippen LogP contribution is 2.35. The Kier molecular flexibility index (Phi) is 53.5. The van der Waals surface area contributed by atoms with Crippen LogP contribution in [-0.2, 0) is 167 Å². The normalized spacial score (nSPS) is 21.3. The first-order chi connectivity index (χ1) is 65.2. The lowest BCUT2D eigenvalue weighted by Gasteiger charge is -2.44. The third-order valence-corrected chi connectivity index (χ3v) is 20.8. The Morgan fingerprint density at radius 1 is 0.290 bits per heavy atom. The van der Waals surface area contributed by atoms with E-state index < -0.39 is 304 Å². The van der Waals surface area contributed by atoms with Crippen LogP contribution >= 0.6 is 0 Å². The van der Waals surface area contributed by atoms with Crippen molar-refractivity contribution in [2.45, 2.75) is 328 Å². The van der Waals surface area contributed by atoms with Crippen molar-refractivity contribution < 1.29 is 194 Å². The summed E-state index contributed by atoms with van der Waals surface area (Å²) in [5.41, 5.74) is -1.66. The number of carbonyl (C=O) groups is 20. The monoisotopic (exact) mass is 1980 g/mol. The van der Waals surface area contributed by atoms with Gasteiger partial charge >= 0.3 is 59.7 Å². The fourth-order valence-electron chi connectivity index (χ4n) is 14.6. The van der Waals surface area contributed by atoms with Gasteiger partial charge in [0.25, 0.3) is 0 Å². The molecule has 45 nitrogen and oxygen atoms in total. The van der Waals surface area contributed by atoms with E-state index in [-0.39, 0.29) is 161 Å². The van der Waals surface area contributed by atoms with Gasteiger partial charge in [-0.15, -0.1) is 0 Å². The molecule has 0 aliphatic carbocycles. The molecule has 1 aromatic rings. The number of nitrogens with one attached hydrogen (secondary N) is 9. The van der Waals surface area contributed by atoms with E-state index >= 15 is 0 Å². The zero-order valence-corrected chi connectivity index (χ0v) is 79.3. The first kappa shape index (κ1) is 119. The molecule has 3 heterocycles. The molecule has 0 aromatic heterocycles. The second kappa shape index (κ2) is 62.2. The van der Waals surface area contributed by atoms with Crippen LogP contribution < -0.4 is 52.6 Å². The number of hydrogen-bond acceptors (Lipinski definition) is 36. The predicted octanol–water partition coefficient (Wildman–Crippen LogP) is 2.28. The minimum atomic E-state index is -2.53. The number of rotatable bonds is 61. The summed E-state index contributed by atoms with van der Waals surface area (Å²) in [7, 11) is 0. The number of unbranched alkanes of at least 4 members (excludes halogenated alkanes) is 4. The molecule has 3 aliphatic rings. The van der Waals surface area contributed by atoms with Crippen LogP contribution in [0.4, 0.5) is 22.0 Å². The van der Waals surface area contributed by atoms with Crippen molar-refractivity contribution in [1.29, 1.82) is 0 Å². The van der Waals surface area contributed by atoms with Crippen LogP contribution in [0.15, 0.2) is 0 Å². The predicted molar refractivity (Wildman–Crippen MR) is 459 cm³/mol. The molecular weight excluding hydrogens is 1850 g/mol. The molecule has 776 valence electrons. The van der Waals surface area contributed by atoms with E-state index in [1.165, 1.54) is 20.8 Å². The molecular formula is C88H128F5N9O36. The minimum Gasteiger partial charge on any atom is -0.463 e. The van der Waals surface area contributed by atoms with Crippen molar-refractivity contribution in [2.24, 2.45) is 0 Å². The van der Waals surface area contributed by atoms with E-state index in [4.69, 9.17) is 71.1 Å². The molecule has 3 aliphatic heterocycles. The highest BCUT2D eigenvalue weighted by Gasteiger charge is 2.55. The lowest BCUT2D eigenvalue weighted by Crippen LogP contribution is -2.66. The minimum absolute atomic E-state index is 0.0225. The van der Waals surface area contributed by atoms with Gasteiger partial charge in [0.05, 0.1) is 0 Å². The zero-order chi connectivity index (χ0) is 103. The summed E-state index contributed by atoms with van der Waals surface area (Å²) in [4.78, 5) is 254. The molecule has 3 fully saturated rings. The molecule has 4 rings (SSSR count). The van der Waals surface area contributed by atoms with Gasteiger partial charge in [-0.25, -0.2) is 13.2 Å². The number of amides is 9. The standard InChI is InChI=1S/C88H128F5N9O36/c1-47(103)99-75-82(132-56(10)112)78(129-53(7)109)60(44-126-50(4)106)135-85(75)123-41-18-14-25-59(115)24-13-17-36-94-65(118)30-33-88(102-68(121)28-21-29-69(122)138-81-73(92)71(90)70(89)72(91)74(81)93,34-31-66(119)97-39-22-37-95-63(116)26-15-19-42-124-86-76(100-48(2)104)83(133-57(11)113)79(130-54(8)110)61(136-86)45-127-51(5)107)35-32-67(120)98-40-23-38-96-64(117)27-16-20-43-125-87-77(101-49(3)105)84(134-58(12)114)80(131-55(9)111)62(137-87)46-128-52(6)108/h60-62,75-80,82-87H,13-46H2,1-12H3,(H,94,118)(H,95,116)(H,96,117)(H,97,119)(H,98,120)(H,99,103)(H,100,104)(H,101,105)(H,102,121). The van der Waals surface area contributed by atoms with Gasteiger partial charge in [-0.1, -0.05) is 0 Å². The van der Waals surface area contributed by atoms with E-state index in [9.17, 15) is 118 Å². The van der Waals surface area contributed by atoms with Crippen molar-refractivity contribution in [3.8, 4) is 5.75 Å². The SMILES string of the molecule is CC(=O)NC1C(OCCCCC(=O)CCCCNC(=O)CCC(CCC(=O)NCCCNC(=O)CCCCOC2OC(COC(C)=O)C(OC(C)=O)C(OC(C)=O)C2NC(C)=O)(CCC(=O)NCCCNC(=O)CCCCOC2OC(COC(C)=O)C(OC(C)=O)C(OC(C)=O)C2NC(C)=O)NC(=O)CCCC(=O)Oc2c(F)c(F)c(F)c(F)c2F)OC(COC(C)=O)C(OC(C)=O)C1OC(C)=O. The number of Topliss-reactive ketones (excluding diaryl/α,β-unsaturated/α-hetero) is 1. The quantitative estimate of drug-likeness (QED) is 0.00859. The van der Waals surface area contributed by atoms with Crippen molar-refractivity contribution in [3.63, 3.8) is 0 Å². The van der Waals surface area contributed by atoms with E-state index in [0.29, 0.717) is 6.42 Å². The van der Waals surface area contributed by atoms with Crippen LogP contribution in [-0.4, -0.2) is 288 Å². The van der Waals surface area contributed by atoms with Crippen molar-refractivity contribution in [2.75, 3.05) is 72.4 Å². The van der Waals surface area contributed by atoms with Crippen molar-refractivity contribution in [1.82, 2.24) is 47.9 Å². The smallest absolute Gasteiger partial charge is 0.311 e. The molecule has 50 heteroatoms. The molecule has 0 saturated carbocycles. The van der Waals surface area contributed by atoms with Crippen molar-refractivity contribution >= 4 is 119 Å². The number of benzene rings is 1. The molecule has 15 atom stereocenters. The van der Waals surface area contributed by atoms with Crippen LogP contribution in [0.1, 0.15) is 231 Å². The second-order valence-corrected chi connectivity index (χ2v) is 32.7. The number of carbonyl (C=O) groups excluding carboxylic acids is 20. The lowest BCUT2D eigenvalue weighted by molar-refractivity contribution is -0.277. The van der Waals surface area contributed by atoms with Crippen LogP contribution in [0, 0.1) is 29.1 Å². The molecule has 0 radical (unpaired) electrons. The first-order valence-corrected chi connectivity index (χ1v) is 45.1. The van der Waals surface area contributed by atoms with Gasteiger partial charge in [0.1, 0.15) is 62.0 Å². The van der Waals surface area contributed by atoms with Crippen LogP contribution in [0.5, 0.6) is 5.75 Å². The fourth-order valence-corrected chi connectivity index (χ4v) is 14.6. The maximum absolute atomic E-state index is 14.5. The summed E-state index contributed by atoms with van der Waals surface area (Å²) in [6, 6.07) is -3.69. The Morgan fingerprint density at radius 2 is 0.558 bits per heavy atom. The third-order valence-electron chi connectivity index (χ3n) is 20.8. The Bertz CT molecular complexity index is 3960. The van der Waals surface area contributed by atoms with Crippen LogP contribution in [0.2, 0.25) is 0 Å². The van der Waals surface area contributed by atoms with E-state index in [2.05, 4.69) is 52.6 Å². The van der Waals surface area contributed by atoms with Gasteiger partial charge < -0.3 is 124 Å². The number of esters is 10. The van der Waals surface area contributed by atoms with Gasteiger partial charge in [0.2, 0.25) is 88.0 Å². The van der Waals surface area contributed by atoms with E-state index in [0.717, 1.165) is 62.3 Å². The van der Waals surface area contributed by atoms with Gasteiger partial charge in [0, 0.05) is 199 Å². The lowest BCUT2D eigenvalue weighted by atomic mass is 9.82. The molecule has 9 N–H and O–H groups in total. The molecule has 138 heavy (non-hydrogen) atoms. The third kappa shape index (κ3) is 45.2. The Morgan fingerprint density at radius 3 is 0.855 bits per heavy atom. The summed E-state index contributed by atoms with van der Waals surface area (Å²) in [5.74, 6) is -28.2. The highest BCUT2D eigenvalue weighted by molar-refractivity contribution is 5.82. The Balaban J connectivity index is 1.47. The summed E-state index contributed by atoms with van der Waals surface area (Å²) >= 11 is 0. The number of halogens is 5. The summed E-state index contributed by atoms with van der Waals surface area (Å²) < 4.78 is 160. The molecule has 15 unspecified atom stereocenters. The molecule has 9 amide bonds. The van der Waals surface area contributed by atoms with Gasteiger partial charge in [-0.05, 0) is 89.9 Å². The molecule has 1 aromatic carbocycles. The number of hydrogen-bond donors (Lipinski definition) is 9.